The molecule has 2 aliphatic rings. The van der Waals surface area contributed by atoms with Crippen molar-refractivity contribution in [1.29, 1.82) is 0 Å². The fraction of sp³-hybridized carbons (Fsp3) is 0.786. The molecular formula is C14H23N5. The zero-order chi connectivity index (χ0) is 13.4. The Morgan fingerprint density at radius 3 is 2.37 bits per heavy atom. The van der Waals surface area contributed by atoms with Gasteiger partial charge in [-0.25, -0.2) is 4.98 Å². The monoisotopic (exact) mass is 261 g/mol. The van der Waals surface area contributed by atoms with Gasteiger partial charge in [-0.1, -0.05) is 6.42 Å². The van der Waals surface area contributed by atoms with Crippen LogP contribution in [0.4, 0.5) is 5.95 Å². The molecule has 1 N–H and O–H groups in total. The van der Waals surface area contributed by atoms with Crippen molar-refractivity contribution in [3.63, 3.8) is 0 Å². The van der Waals surface area contributed by atoms with Crippen LogP contribution in [-0.4, -0.2) is 45.3 Å². The van der Waals surface area contributed by atoms with Gasteiger partial charge in [0.25, 0.3) is 0 Å². The molecular weight excluding hydrogens is 238 g/mol. The Labute approximate surface area is 114 Å². The van der Waals surface area contributed by atoms with Gasteiger partial charge in [0.2, 0.25) is 5.95 Å². The maximum atomic E-state index is 4.48. The Kier molecular flexibility index (Phi) is 3.39. The molecule has 0 spiro atoms. The second-order valence-electron chi connectivity index (χ2n) is 6.02. The highest BCUT2D eigenvalue weighted by atomic mass is 15.3. The molecule has 2 fully saturated rings. The van der Waals surface area contributed by atoms with Gasteiger partial charge in [-0.3, -0.25) is 0 Å². The first-order valence-corrected chi connectivity index (χ1v) is 7.30. The van der Waals surface area contributed by atoms with Gasteiger partial charge >= 0.3 is 0 Å². The molecule has 2 unspecified atom stereocenters. The first-order valence-electron chi connectivity index (χ1n) is 7.30. The van der Waals surface area contributed by atoms with E-state index >= 15 is 0 Å². The number of piperidine rings is 2. The summed E-state index contributed by atoms with van der Waals surface area (Å²) < 4.78 is 0. The summed E-state index contributed by atoms with van der Waals surface area (Å²) in [6.07, 6.45) is 6.44. The zero-order valence-electron chi connectivity index (χ0n) is 12.1. The van der Waals surface area contributed by atoms with Gasteiger partial charge in [0.15, 0.2) is 0 Å². The molecule has 2 saturated heterocycles. The van der Waals surface area contributed by atoms with Crippen molar-refractivity contribution in [3.8, 4) is 0 Å². The summed E-state index contributed by atoms with van der Waals surface area (Å²) in [6, 6.07) is 1.95. The van der Waals surface area contributed by atoms with Crippen molar-refractivity contribution in [2.45, 2.75) is 64.1 Å². The van der Waals surface area contributed by atoms with Crippen LogP contribution in [0.2, 0.25) is 0 Å². The summed E-state index contributed by atoms with van der Waals surface area (Å²) in [7, 11) is 2.28. The minimum atomic E-state index is 0.496. The first-order chi connectivity index (χ1) is 9.13. The molecule has 3 heterocycles. The second kappa shape index (κ2) is 5.04. The highest BCUT2D eigenvalue weighted by Crippen LogP contribution is 2.33. The SMILES string of the molecule is Cc1nnc(NC2CC3CCCC(C2)N3C)nc1C. The number of aromatic nitrogens is 3. The molecule has 104 valence electrons. The lowest BCUT2D eigenvalue weighted by molar-refractivity contribution is 0.0607. The van der Waals surface area contributed by atoms with Gasteiger partial charge in [0.05, 0.1) is 11.4 Å². The largest absolute Gasteiger partial charge is 0.350 e. The van der Waals surface area contributed by atoms with Crippen molar-refractivity contribution in [2.24, 2.45) is 0 Å². The maximum absolute atomic E-state index is 4.48. The van der Waals surface area contributed by atoms with Crippen LogP contribution < -0.4 is 5.32 Å². The molecule has 5 nitrogen and oxygen atoms in total. The third-order valence-electron chi connectivity index (χ3n) is 4.76. The van der Waals surface area contributed by atoms with Crippen LogP contribution in [0.5, 0.6) is 0 Å². The van der Waals surface area contributed by atoms with Crippen LogP contribution in [0.25, 0.3) is 0 Å². The number of fused-ring (bicyclic) bond motifs is 2. The van der Waals surface area contributed by atoms with Crippen LogP contribution in [0, 0.1) is 13.8 Å². The van der Waals surface area contributed by atoms with Crippen molar-refractivity contribution >= 4 is 5.95 Å². The Morgan fingerprint density at radius 1 is 1.05 bits per heavy atom. The summed E-state index contributed by atoms with van der Waals surface area (Å²) in [5.41, 5.74) is 1.87. The number of anilines is 1. The lowest BCUT2D eigenvalue weighted by Crippen LogP contribution is -2.52. The smallest absolute Gasteiger partial charge is 0.243 e. The summed E-state index contributed by atoms with van der Waals surface area (Å²) >= 11 is 0. The van der Waals surface area contributed by atoms with Crippen molar-refractivity contribution in [2.75, 3.05) is 12.4 Å². The number of nitrogens with zero attached hydrogens (tertiary/aromatic N) is 4. The molecule has 0 saturated carbocycles. The Morgan fingerprint density at radius 2 is 1.74 bits per heavy atom. The standard InChI is InChI=1S/C14H23N5/c1-9-10(2)17-18-14(15-9)16-11-7-12-5-4-6-13(8-11)19(12)3/h11-13H,4-8H2,1-3H3,(H,15,16,18). The highest BCUT2D eigenvalue weighted by molar-refractivity contribution is 5.27. The Hall–Kier alpha value is -1.23. The van der Waals surface area contributed by atoms with E-state index in [4.69, 9.17) is 0 Å². The minimum Gasteiger partial charge on any atom is -0.350 e. The van der Waals surface area contributed by atoms with E-state index in [9.17, 15) is 0 Å². The summed E-state index contributed by atoms with van der Waals surface area (Å²) in [4.78, 5) is 7.05. The quantitative estimate of drug-likeness (QED) is 0.881. The van der Waals surface area contributed by atoms with E-state index in [1.165, 1.54) is 32.1 Å². The lowest BCUT2D eigenvalue weighted by Gasteiger charge is -2.47. The third kappa shape index (κ3) is 2.56. The van der Waals surface area contributed by atoms with E-state index in [0.29, 0.717) is 12.0 Å². The molecule has 0 amide bonds. The van der Waals surface area contributed by atoms with E-state index in [0.717, 1.165) is 23.5 Å². The lowest BCUT2D eigenvalue weighted by atomic mass is 9.82. The average molecular weight is 261 g/mol. The van der Waals surface area contributed by atoms with Gasteiger partial charge in [-0.2, -0.15) is 5.10 Å². The Balaban J connectivity index is 1.69. The number of aryl methyl sites for hydroxylation is 2. The normalized spacial score (nSPS) is 31.2. The van der Waals surface area contributed by atoms with Crippen molar-refractivity contribution < 1.29 is 0 Å². The van der Waals surface area contributed by atoms with Crippen LogP contribution in [0.3, 0.4) is 0 Å². The van der Waals surface area contributed by atoms with E-state index < -0.39 is 0 Å². The van der Waals surface area contributed by atoms with Gasteiger partial charge in [0, 0.05) is 18.1 Å². The predicted molar refractivity (Wildman–Crippen MR) is 75.1 cm³/mol. The Bertz CT molecular complexity index is 447. The van der Waals surface area contributed by atoms with E-state index in [1.54, 1.807) is 0 Å². The third-order valence-corrected chi connectivity index (χ3v) is 4.76. The average Bonchev–Trinajstić information content (AvgIpc) is 2.35. The zero-order valence-corrected chi connectivity index (χ0v) is 12.1. The molecule has 3 rings (SSSR count). The second-order valence-corrected chi connectivity index (χ2v) is 6.02. The topological polar surface area (TPSA) is 53.9 Å². The molecule has 19 heavy (non-hydrogen) atoms. The van der Waals surface area contributed by atoms with Crippen molar-refractivity contribution in [1.82, 2.24) is 20.1 Å². The number of rotatable bonds is 2. The van der Waals surface area contributed by atoms with Crippen molar-refractivity contribution in [3.05, 3.63) is 11.4 Å². The molecule has 1 aromatic rings. The molecule has 2 aliphatic heterocycles. The molecule has 0 aromatic carbocycles. The molecule has 0 radical (unpaired) electrons. The molecule has 0 aliphatic carbocycles. The number of hydrogen-bond donors (Lipinski definition) is 1. The van der Waals surface area contributed by atoms with E-state index in [1.807, 2.05) is 13.8 Å². The van der Waals surface area contributed by atoms with Crippen LogP contribution in [0.15, 0.2) is 0 Å². The van der Waals surface area contributed by atoms with Gasteiger partial charge in [-0.15, -0.1) is 5.10 Å². The predicted octanol–water partition coefficient (Wildman–Crippen LogP) is 1.92. The molecule has 5 heteroatoms. The number of nitrogens with one attached hydrogen (secondary N) is 1. The van der Waals surface area contributed by atoms with Gasteiger partial charge in [0.1, 0.15) is 0 Å². The van der Waals surface area contributed by atoms with Crippen LogP contribution >= 0.6 is 0 Å². The fourth-order valence-corrected chi connectivity index (χ4v) is 3.43. The van der Waals surface area contributed by atoms with Gasteiger partial charge in [-0.05, 0) is 46.6 Å². The molecule has 2 atom stereocenters. The first kappa shape index (κ1) is 12.8. The molecule has 1 aromatic heterocycles. The summed E-state index contributed by atoms with van der Waals surface area (Å²) in [5.74, 6) is 0.690. The van der Waals surface area contributed by atoms with Crippen LogP contribution in [0.1, 0.15) is 43.5 Å². The highest BCUT2D eigenvalue weighted by Gasteiger charge is 2.36. The van der Waals surface area contributed by atoms with E-state index in [-0.39, 0.29) is 0 Å². The summed E-state index contributed by atoms with van der Waals surface area (Å²) in [5, 5.41) is 11.8. The maximum Gasteiger partial charge on any atom is 0.243 e. The molecule has 2 bridgehead atoms. The minimum absolute atomic E-state index is 0.496. The summed E-state index contributed by atoms with van der Waals surface area (Å²) in [6.45, 7) is 3.93. The van der Waals surface area contributed by atoms with Gasteiger partial charge < -0.3 is 10.2 Å². The fourth-order valence-electron chi connectivity index (χ4n) is 3.43. The number of hydrogen-bond acceptors (Lipinski definition) is 5. The van der Waals surface area contributed by atoms with Crippen LogP contribution in [-0.2, 0) is 0 Å². The van der Waals surface area contributed by atoms with E-state index in [2.05, 4.69) is 32.4 Å².